The number of nitrogens with one attached hydrogen (secondary N) is 2. The minimum absolute atomic E-state index is 0. The third-order valence-corrected chi connectivity index (χ3v) is 4.08. The number of guanidine groups is 1. The van der Waals surface area contributed by atoms with Gasteiger partial charge in [-0.1, -0.05) is 13.8 Å². The summed E-state index contributed by atoms with van der Waals surface area (Å²) in [7, 11) is 5.67. The molecule has 146 valence electrons. The molecule has 24 heavy (non-hydrogen) atoms. The molecule has 6 nitrogen and oxygen atoms in total. The van der Waals surface area contributed by atoms with Gasteiger partial charge in [0.2, 0.25) is 0 Å². The first kappa shape index (κ1) is 26.1. The van der Waals surface area contributed by atoms with Gasteiger partial charge in [0.1, 0.15) is 0 Å². The van der Waals surface area contributed by atoms with E-state index in [0.717, 1.165) is 51.7 Å². The summed E-state index contributed by atoms with van der Waals surface area (Å²) in [6, 6.07) is 0.433. The van der Waals surface area contributed by atoms with E-state index in [9.17, 15) is 0 Å². The number of methoxy groups -OCH3 is 1. The van der Waals surface area contributed by atoms with E-state index in [1.54, 1.807) is 7.11 Å². The third kappa shape index (κ3) is 14.2. The fraction of sp³-hybridized carbons (Fsp3) is 0.941. The highest BCUT2D eigenvalue weighted by Gasteiger charge is 2.06. The Balaban J connectivity index is 0. The van der Waals surface area contributed by atoms with Gasteiger partial charge in [0.25, 0.3) is 0 Å². The Labute approximate surface area is 166 Å². The molecule has 0 saturated heterocycles. The molecule has 0 spiro atoms. The fourth-order valence-corrected chi connectivity index (χ4v) is 2.39. The topological polar surface area (TPSA) is 52.1 Å². The normalized spacial score (nSPS) is 13.1. The highest BCUT2D eigenvalue weighted by molar-refractivity contribution is 14.0. The first-order valence-corrected chi connectivity index (χ1v) is 8.94. The lowest BCUT2D eigenvalue weighted by Crippen LogP contribution is -2.44. The van der Waals surface area contributed by atoms with Crippen LogP contribution >= 0.6 is 24.0 Å². The number of nitrogens with zero attached hydrogens (tertiary/aromatic N) is 3. The Morgan fingerprint density at radius 1 is 1.17 bits per heavy atom. The predicted molar refractivity (Wildman–Crippen MR) is 116 cm³/mol. The maximum absolute atomic E-state index is 5.08. The molecule has 1 atom stereocenters. The number of hydrogen-bond donors (Lipinski definition) is 2. The number of ether oxygens (including phenoxy) is 1. The van der Waals surface area contributed by atoms with Gasteiger partial charge in [0, 0.05) is 39.8 Å². The van der Waals surface area contributed by atoms with E-state index >= 15 is 0 Å². The molecular weight excluding hydrogens is 417 g/mol. The van der Waals surface area contributed by atoms with E-state index < -0.39 is 0 Å². The zero-order valence-corrected chi connectivity index (χ0v) is 18.9. The maximum Gasteiger partial charge on any atom is 0.191 e. The second-order valence-corrected chi connectivity index (χ2v) is 6.01. The Hall–Kier alpha value is -0.120. The molecule has 0 fully saturated rings. The van der Waals surface area contributed by atoms with Crippen LogP contribution in [0.4, 0.5) is 0 Å². The van der Waals surface area contributed by atoms with Crippen LogP contribution in [-0.2, 0) is 4.74 Å². The lowest BCUT2D eigenvalue weighted by atomic mass is 10.2. The smallest absolute Gasteiger partial charge is 0.191 e. The zero-order valence-electron chi connectivity index (χ0n) is 16.6. The third-order valence-electron chi connectivity index (χ3n) is 4.08. The van der Waals surface area contributed by atoms with Crippen LogP contribution < -0.4 is 10.6 Å². The first-order chi connectivity index (χ1) is 11.1. The van der Waals surface area contributed by atoms with E-state index in [-0.39, 0.29) is 24.0 Å². The number of hydrogen-bond acceptors (Lipinski definition) is 4. The van der Waals surface area contributed by atoms with Crippen LogP contribution in [0, 0.1) is 0 Å². The zero-order chi connectivity index (χ0) is 17.5. The average Bonchev–Trinajstić information content (AvgIpc) is 2.55. The molecule has 0 aromatic heterocycles. The van der Waals surface area contributed by atoms with Crippen LogP contribution in [0.1, 0.15) is 33.6 Å². The summed E-state index contributed by atoms with van der Waals surface area (Å²) < 4.78 is 5.08. The molecule has 7 heteroatoms. The molecule has 0 aromatic rings. The minimum atomic E-state index is 0. The molecule has 0 aliphatic rings. The first-order valence-electron chi connectivity index (χ1n) is 8.94. The van der Waals surface area contributed by atoms with Crippen molar-refractivity contribution in [3.05, 3.63) is 0 Å². The lowest BCUT2D eigenvalue weighted by Gasteiger charge is -2.22. The minimum Gasteiger partial charge on any atom is -0.383 e. The molecule has 0 radical (unpaired) electrons. The van der Waals surface area contributed by atoms with Crippen molar-refractivity contribution < 1.29 is 4.74 Å². The van der Waals surface area contributed by atoms with Crippen LogP contribution in [0.2, 0.25) is 0 Å². The Morgan fingerprint density at radius 3 is 2.38 bits per heavy atom. The molecule has 0 aromatic carbocycles. The van der Waals surface area contributed by atoms with Gasteiger partial charge >= 0.3 is 0 Å². The van der Waals surface area contributed by atoms with Crippen molar-refractivity contribution >= 4 is 29.9 Å². The van der Waals surface area contributed by atoms with Crippen molar-refractivity contribution in [2.75, 3.05) is 67.1 Å². The number of rotatable bonds is 13. The quantitative estimate of drug-likeness (QED) is 0.251. The van der Waals surface area contributed by atoms with Gasteiger partial charge in [-0.05, 0) is 46.4 Å². The molecule has 0 heterocycles. The monoisotopic (exact) mass is 457 g/mol. The maximum atomic E-state index is 5.08. The van der Waals surface area contributed by atoms with Gasteiger partial charge in [-0.3, -0.25) is 4.99 Å². The average molecular weight is 457 g/mol. The SMILES string of the molecule is CCN(CC)CCCC(C)NC(=NC)NCCN(C)CCOC.I. The van der Waals surface area contributed by atoms with Crippen molar-refractivity contribution in [2.24, 2.45) is 4.99 Å². The van der Waals surface area contributed by atoms with Crippen molar-refractivity contribution in [1.82, 2.24) is 20.4 Å². The van der Waals surface area contributed by atoms with Gasteiger partial charge in [0.15, 0.2) is 5.96 Å². The van der Waals surface area contributed by atoms with Crippen LogP contribution in [0.25, 0.3) is 0 Å². The number of halogens is 1. The van der Waals surface area contributed by atoms with Crippen molar-refractivity contribution in [3.8, 4) is 0 Å². The van der Waals surface area contributed by atoms with E-state index in [0.29, 0.717) is 6.04 Å². The molecule has 0 aliphatic carbocycles. The van der Waals surface area contributed by atoms with E-state index in [2.05, 4.69) is 53.2 Å². The van der Waals surface area contributed by atoms with Crippen molar-refractivity contribution in [1.29, 1.82) is 0 Å². The second kappa shape index (κ2) is 17.7. The number of aliphatic imine (C=N–C) groups is 1. The van der Waals surface area contributed by atoms with Gasteiger partial charge in [0.05, 0.1) is 6.61 Å². The molecule has 2 N–H and O–H groups in total. The summed E-state index contributed by atoms with van der Waals surface area (Å²) in [6.07, 6.45) is 2.37. The van der Waals surface area contributed by atoms with Gasteiger partial charge < -0.3 is 25.2 Å². The standard InChI is InChI=1S/C17H39N5O.HI/c1-7-22(8-2)12-9-10-16(3)20-17(18-4)19-11-13-21(5)14-15-23-6;/h16H,7-15H2,1-6H3,(H2,18,19,20);1H. The van der Waals surface area contributed by atoms with Crippen LogP contribution in [0.3, 0.4) is 0 Å². The molecule has 0 amide bonds. The lowest BCUT2D eigenvalue weighted by molar-refractivity contribution is 0.162. The largest absolute Gasteiger partial charge is 0.383 e. The Kier molecular flexibility index (Phi) is 19.3. The molecule has 1 unspecified atom stereocenters. The van der Waals surface area contributed by atoms with Crippen molar-refractivity contribution in [3.63, 3.8) is 0 Å². The van der Waals surface area contributed by atoms with Crippen LogP contribution in [0.5, 0.6) is 0 Å². The molecular formula is C17H40IN5O. The summed E-state index contributed by atoms with van der Waals surface area (Å²) in [5.74, 6) is 0.889. The molecule has 0 rings (SSSR count). The summed E-state index contributed by atoms with van der Waals surface area (Å²) in [4.78, 5) is 9.02. The Morgan fingerprint density at radius 2 is 1.83 bits per heavy atom. The van der Waals surface area contributed by atoms with Crippen LogP contribution in [0.15, 0.2) is 4.99 Å². The van der Waals surface area contributed by atoms with Gasteiger partial charge in [-0.25, -0.2) is 0 Å². The van der Waals surface area contributed by atoms with Gasteiger partial charge in [-0.15, -0.1) is 24.0 Å². The highest BCUT2D eigenvalue weighted by Crippen LogP contribution is 1.99. The predicted octanol–water partition coefficient (Wildman–Crippen LogP) is 1.86. The molecule has 0 bridgehead atoms. The Bertz CT molecular complexity index is 301. The molecule has 0 aliphatic heterocycles. The van der Waals surface area contributed by atoms with Crippen LogP contribution in [-0.4, -0.2) is 88.9 Å². The summed E-state index contributed by atoms with van der Waals surface area (Å²) >= 11 is 0. The number of likely N-dealkylation sites (N-methyl/N-ethyl adjacent to an activating group) is 1. The second-order valence-electron chi connectivity index (χ2n) is 6.01. The van der Waals surface area contributed by atoms with Gasteiger partial charge in [-0.2, -0.15) is 0 Å². The fourth-order valence-electron chi connectivity index (χ4n) is 2.39. The summed E-state index contributed by atoms with van der Waals surface area (Å²) in [6.45, 7) is 13.7. The van der Waals surface area contributed by atoms with Crippen molar-refractivity contribution in [2.45, 2.75) is 39.7 Å². The van der Waals surface area contributed by atoms with E-state index in [1.165, 1.54) is 13.0 Å². The summed E-state index contributed by atoms with van der Waals surface area (Å²) in [5, 5.41) is 6.85. The molecule has 0 saturated carbocycles. The van der Waals surface area contributed by atoms with E-state index in [1.807, 2.05) is 7.05 Å². The van der Waals surface area contributed by atoms with E-state index in [4.69, 9.17) is 4.74 Å². The summed E-state index contributed by atoms with van der Waals surface area (Å²) in [5.41, 5.74) is 0. The highest BCUT2D eigenvalue weighted by atomic mass is 127.